The van der Waals surface area contributed by atoms with Crippen molar-refractivity contribution in [1.82, 2.24) is 15.1 Å². The molecule has 0 unspecified atom stereocenters. The maximum Gasteiger partial charge on any atom is 0.305 e. The third-order valence-corrected chi connectivity index (χ3v) is 5.17. The van der Waals surface area contributed by atoms with Gasteiger partial charge in [-0.05, 0) is 42.2 Å². The van der Waals surface area contributed by atoms with E-state index in [1.54, 1.807) is 0 Å². The number of aryl methyl sites for hydroxylation is 2. The summed E-state index contributed by atoms with van der Waals surface area (Å²) >= 11 is 0. The number of benzene rings is 2. The maximum atomic E-state index is 12.6. The van der Waals surface area contributed by atoms with Gasteiger partial charge in [-0.1, -0.05) is 42.5 Å². The van der Waals surface area contributed by atoms with Crippen LogP contribution in [0, 0.1) is 13.8 Å². The van der Waals surface area contributed by atoms with Crippen molar-refractivity contribution in [3.05, 3.63) is 65.0 Å². The van der Waals surface area contributed by atoms with E-state index in [1.807, 2.05) is 68.0 Å². The van der Waals surface area contributed by atoms with Crippen molar-refractivity contribution in [2.75, 3.05) is 0 Å². The van der Waals surface area contributed by atoms with Crippen LogP contribution in [-0.4, -0.2) is 26.8 Å². The Morgan fingerprint density at radius 1 is 1.14 bits per heavy atom. The fourth-order valence-corrected chi connectivity index (χ4v) is 3.65. The molecule has 146 valence electrons. The Hall–Kier alpha value is -3.15. The van der Waals surface area contributed by atoms with Gasteiger partial charge in [-0.25, -0.2) is 0 Å². The van der Waals surface area contributed by atoms with Crippen LogP contribution in [0.3, 0.4) is 0 Å². The predicted octanol–water partition coefficient (Wildman–Crippen LogP) is 3.45. The third kappa shape index (κ3) is 4.22. The van der Waals surface area contributed by atoms with Crippen LogP contribution in [0.25, 0.3) is 10.8 Å². The van der Waals surface area contributed by atoms with Gasteiger partial charge in [0.25, 0.3) is 0 Å². The van der Waals surface area contributed by atoms with Crippen molar-refractivity contribution in [2.24, 2.45) is 7.05 Å². The highest BCUT2D eigenvalue weighted by molar-refractivity contribution is 5.87. The number of aromatic nitrogens is 2. The summed E-state index contributed by atoms with van der Waals surface area (Å²) in [7, 11) is 1.88. The Bertz CT molecular complexity index is 1020. The SMILES string of the molecule is Cc1nn(C)c(C)c1CCC(=O)N[C@H](CC(=O)O)c1cccc2ccccc12. The van der Waals surface area contributed by atoms with Crippen LogP contribution in [-0.2, 0) is 23.1 Å². The van der Waals surface area contributed by atoms with E-state index < -0.39 is 12.0 Å². The molecule has 3 aromatic rings. The molecular formula is C22H25N3O3. The van der Waals surface area contributed by atoms with Crippen molar-refractivity contribution in [2.45, 2.75) is 39.2 Å². The number of carbonyl (C=O) groups is 2. The van der Waals surface area contributed by atoms with E-state index >= 15 is 0 Å². The summed E-state index contributed by atoms with van der Waals surface area (Å²) < 4.78 is 1.81. The van der Waals surface area contributed by atoms with Crippen LogP contribution in [0.1, 0.15) is 41.4 Å². The van der Waals surface area contributed by atoms with Gasteiger partial charge in [-0.2, -0.15) is 5.10 Å². The number of rotatable bonds is 7. The molecule has 0 aliphatic heterocycles. The molecule has 1 amide bonds. The molecule has 0 radical (unpaired) electrons. The average Bonchev–Trinajstić information content (AvgIpc) is 2.90. The molecule has 6 nitrogen and oxygen atoms in total. The second kappa shape index (κ2) is 8.25. The molecule has 0 bridgehead atoms. The second-order valence-corrected chi connectivity index (χ2v) is 7.06. The maximum absolute atomic E-state index is 12.6. The van der Waals surface area contributed by atoms with E-state index in [-0.39, 0.29) is 18.7 Å². The number of nitrogens with zero attached hydrogens (tertiary/aromatic N) is 2. The lowest BCUT2D eigenvalue weighted by atomic mass is 9.96. The number of carbonyl (C=O) groups excluding carboxylic acids is 1. The van der Waals surface area contributed by atoms with Gasteiger partial charge in [0.1, 0.15) is 0 Å². The van der Waals surface area contributed by atoms with Crippen LogP contribution in [0.4, 0.5) is 0 Å². The summed E-state index contributed by atoms with van der Waals surface area (Å²) in [6.07, 6.45) is 0.700. The highest BCUT2D eigenvalue weighted by Gasteiger charge is 2.20. The van der Waals surface area contributed by atoms with Crippen LogP contribution >= 0.6 is 0 Å². The van der Waals surface area contributed by atoms with Crippen molar-refractivity contribution in [3.8, 4) is 0 Å². The molecule has 1 aromatic heterocycles. The highest BCUT2D eigenvalue weighted by Crippen LogP contribution is 2.26. The molecule has 0 spiro atoms. The Labute approximate surface area is 164 Å². The van der Waals surface area contributed by atoms with Gasteiger partial charge in [0.15, 0.2) is 0 Å². The van der Waals surface area contributed by atoms with Gasteiger partial charge >= 0.3 is 5.97 Å². The largest absolute Gasteiger partial charge is 0.481 e. The number of fused-ring (bicyclic) bond motifs is 1. The minimum absolute atomic E-state index is 0.162. The number of carboxylic acid groups (broad SMARTS) is 1. The fraction of sp³-hybridized carbons (Fsp3) is 0.318. The number of aliphatic carboxylic acids is 1. The van der Waals surface area contributed by atoms with Crippen molar-refractivity contribution in [3.63, 3.8) is 0 Å². The van der Waals surface area contributed by atoms with Crippen LogP contribution < -0.4 is 5.32 Å². The fourth-order valence-electron chi connectivity index (χ4n) is 3.65. The summed E-state index contributed by atoms with van der Waals surface area (Å²) in [6.45, 7) is 3.92. The monoisotopic (exact) mass is 379 g/mol. The second-order valence-electron chi connectivity index (χ2n) is 7.06. The molecule has 0 fully saturated rings. The number of amides is 1. The van der Waals surface area contributed by atoms with Gasteiger partial charge in [0, 0.05) is 19.2 Å². The quantitative estimate of drug-likeness (QED) is 0.658. The summed E-state index contributed by atoms with van der Waals surface area (Å²) in [5.41, 5.74) is 3.85. The predicted molar refractivity (Wildman–Crippen MR) is 108 cm³/mol. The van der Waals surface area contributed by atoms with Crippen molar-refractivity contribution >= 4 is 22.6 Å². The molecule has 28 heavy (non-hydrogen) atoms. The first-order valence-corrected chi connectivity index (χ1v) is 9.34. The topological polar surface area (TPSA) is 84.2 Å². The molecule has 0 aliphatic rings. The van der Waals surface area contributed by atoms with E-state index in [0.717, 1.165) is 33.3 Å². The zero-order valence-corrected chi connectivity index (χ0v) is 16.4. The molecule has 3 rings (SSSR count). The normalized spacial score (nSPS) is 12.1. The van der Waals surface area contributed by atoms with Gasteiger partial charge in [-0.15, -0.1) is 0 Å². The first-order chi connectivity index (χ1) is 13.4. The molecule has 0 saturated carbocycles. The molecule has 6 heteroatoms. The number of nitrogens with one attached hydrogen (secondary N) is 1. The minimum Gasteiger partial charge on any atom is -0.481 e. The van der Waals surface area contributed by atoms with Crippen LogP contribution in [0.15, 0.2) is 42.5 Å². The van der Waals surface area contributed by atoms with Crippen molar-refractivity contribution < 1.29 is 14.7 Å². The van der Waals surface area contributed by atoms with E-state index in [4.69, 9.17) is 0 Å². The lowest BCUT2D eigenvalue weighted by molar-refractivity contribution is -0.137. The smallest absolute Gasteiger partial charge is 0.305 e. The van der Waals surface area contributed by atoms with Gasteiger partial charge < -0.3 is 10.4 Å². The Morgan fingerprint density at radius 3 is 2.54 bits per heavy atom. The summed E-state index contributed by atoms with van der Waals surface area (Å²) in [4.78, 5) is 24.0. The molecule has 0 aliphatic carbocycles. The van der Waals surface area contributed by atoms with Crippen LogP contribution in [0.2, 0.25) is 0 Å². The van der Waals surface area contributed by atoms with Crippen LogP contribution in [0.5, 0.6) is 0 Å². The van der Waals surface area contributed by atoms with Crippen molar-refractivity contribution in [1.29, 1.82) is 0 Å². The van der Waals surface area contributed by atoms with E-state index in [2.05, 4.69) is 10.4 Å². The molecule has 2 aromatic carbocycles. The molecular weight excluding hydrogens is 354 g/mol. The van der Waals surface area contributed by atoms with Gasteiger partial charge in [0.05, 0.1) is 18.2 Å². The Morgan fingerprint density at radius 2 is 1.86 bits per heavy atom. The molecule has 1 heterocycles. The van der Waals surface area contributed by atoms with E-state index in [9.17, 15) is 14.7 Å². The zero-order chi connectivity index (χ0) is 20.3. The third-order valence-electron chi connectivity index (χ3n) is 5.17. The lowest BCUT2D eigenvalue weighted by Crippen LogP contribution is -2.30. The summed E-state index contributed by atoms with van der Waals surface area (Å²) in [5, 5.41) is 18.6. The summed E-state index contributed by atoms with van der Waals surface area (Å²) in [6, 6.07) is 13.0. The first kappa shape index (κ1) is 19.6. The first-order valence-electron chi connectivity index (χ1n) is 9.34. The highest BCUT2D eigenvalue weighted by atomic mass is 16.4. The number of hydrogen-bond donors (Lipinski definition) is 2. The Balaban J connectivity index is 1.79. The Kier molecular flexibility index (Phi) is 5.78. The number of hydrogen-bond acceptors (Lipinski definition) is 3. The minimum atomic E-state index is -0.947. The van der Waals surface area contributed by atoms with E-state index in [1.165, 1.54) is 0 Å². The van der Waals surface area contributed by atoms with Gasteiger partial charge in [0.2, 0.25) is 5.91 Å². The van der Waals surface area contributed by atoms with Gasteiger partial charge in [-0.3, -0.25) is 14.3 Å². The average molecular weight is 379 g/mol. The number of carboxylic acids is 1. The standard InChI is InChI=1S/C22H25N3O3/c1-14-17(15(2)25(3)24-14)11-12-21(26)23-20(13-22(27)28)19-10-6-8-16-7-4-5-9-18(16)19/h4-10,20H,11-13H2,1-3H3,(H,23,26)(H,27,28)/t20-/m1/s1. The molecule has 0 saturated heterocycles. The molecule has 1 atom stereocenters. The summed E-state index contributed by atoms with van der Waals surface area (Å²) in [5.74, 6) is -1.11. The lowest BCUT2D eigenvalue weighted by Gasteiger charge is -2.19. The van der Waals surface area contributed by atoms with E-state index in [0.29, 0.717) is 6.42 Å². The molecule has 2 N–H and O–H groups in total. The zero-order valence-electron chi connectivity index (χ0n) is 16.4.